The highest BCUT2D eigenvalue weighted by molar-refractivity contribution is 5.78. The number of amides is 1. The van der Waals surface area contributed by atoms with Crippen molar-refractivity contribution in [2.24, 2.45) is 11.8 Å². The molecular formula is C29H38F2N2O4. The molecule has 4 N–H and O–H groups in total. The zero-order valence-corrected chi connectivity index (χ0v) is 21.4. The molecule has 3 fully saturated rings. The van der Waals surface area contributed by atoms with Gasteiger partial charge in [0.2, 0.25) is 5.91 Å². The van der Waals surface area contributed by atoms with Crippen molar-refractivity contribution in [3.05, 3.63) is 59.2 Å². The largest absolute Gasteiger partial charge is 0.504 e. The molecule has 1 amide bonds. The van der Waals surface area contributed by atoms with Crippen LogP contribution in [0.4, 0.5) is 8.78 Å². The Morgan fingerprint density at radius 1 is 1.00 bits per heavy atom. The van der Waals surface area contributed by atoms with Crippen molar-refractivity contribution in [3.63, 3.8) is 0 Å². The summed E-state index contributed by atoms with van der Waals surface area (Å²) in [6.07, 6.45) is 8.96. The highest BCUT2D eigenvalue weighted by atomic mass is 19.2. The lowest BCUT2D eigenvalue weighted by Crippen LogP contribution is -2.63. The number of aliphatic hydroxyl groups is 1. The third-order valence-corrected chi connectivity index (χ3v) is 8.16. The molecule has 3 aliphatic rings. The third-order valence-electron chi connectivity index (χ3n) is 8.16. The minimum atomic E-state index is -0.929. The molecule has 2 aromatic carbocycles. The first kappa shape index (κ1) is 27.3. The Morgan fingerprint density at radius 3 is 2.43 bits per heavy atom. The van der Waals surface area contributed by atoms with Gasteiger partial charge in [0.15, 0.2) is 23.1 Å². The zero-order chi connectivity index (χ0) is 26.6. The summed E-state index contributed by atoms with van der Waals surface area (Å²) < 4.78 is 25.1. The van der Waals surface area contributed by atoms with E-state index in [2.05, 4.69) is 10.2 Å². The monoisotopic (exact) mass is 516 g/mol. The Hall–Kier alpha value is -2.71. The summed E-state index contributed by atoms with van der Waals surface area (Å²) in [5.41, 5.74) is 0.854. The minimum absolute atomic E-state index is 0.0632. The van der Waals surface area contributed by atoms with E-state index in [1.165, 1.54) is 32.4 Å². The summed E-state index contributed by atoms with van der Waals surface area (Å²) >= 11 is 0. The lowest BCUT2D eigenvalue weighted by Gasteiger charge is -2.54. The van der Waals surface area contributed by atoms with Gasteiger partial charge in [0.05, 0.1) is 12.0 Å². The second kappa shape index (κ2) is 11.8. The van der Waals surface area contributed by atoms with Crippen molar-refractivity contribution in [2.45, 2.75) is 69.4 Å². The van der Waals surface area contributed by atoms with Crippen LogP contribution in [0.1, 0.15) is 56.1 Å². The van der Waals surface area contributed by atoms with Gasteiger partial charge in [-0.25, -0.2) is 8.78 Å². The Kier molecular flexibility index (Phi) is 8.70. The smallest absolute Gasteiger partial charge is 0.224 e. The highest BCUT2D eigenvalue weighted by Crippen LogP contribution is 2.45. The van der Waals surface area contributed by atoms with Crippen molar-refractivity contribution in [2.75, 3.05) is 20.1 Å². The van der Waals surface area contributed by atoms with Crippen LogP contribution in [-0.2, 0) is 17.6 Å². The van der Waals surface area contributed by atoms with Crippen LogP contribution in [0.2, 0.25) is 0 Å². The lowest BCUT2D eigenvalue weighted by molar-refractivity contribution is -0.141. The van der Waals surface area contributed by atoms with Gasteiger partial charge in [-0.1, -0.05) is 25.0 Å². The van der Waals surface area contributed by atoms with E-state index in [4.69, 9.17) is 0 Å². The molecule has 2 aliphatic carbocycles. The molecule has 2 aromatic rings. The number of carbonyl (C=O) groups is 1. The number of hydrogen-bond acceptors (Lipinski definition) is 5. The van der Waals surface area contributed by atoms with Gasteiger partial charge >= 0.3 is 0 Å². The fourth-order valence-electron chi connectivity index (χ4n) is 5.88. The van der Waals surface area contributed by atoms with Gasteiger partial charge in [0, 0.05) is 19.6 Å². The van der Waals surface area contributed by atoms with Crippen LogP contribution in [-0.4, -0.2) is 57.9 Å². The molecule has 0 radical (unpaired) electrons. The van der Waals surface area contributed by atoms with Crippen LogP contribution in [0.25, 0.3) is 0 Å². The Labute approximate surface area is 217 Å². The van der Waals surface area contributed by atoms with Gasteiger partial charge in [-0.3, -0.25) is 9.69 Å². The predicted octanol–water partition coefficient (Wildman–Crippen LogP) is 4.30. The summed E-state index contributed by atoms with van der Waals surface area (Å²) in [6, 6.07) is 8.62. The molecular weight excluding hydrogens is 478 g/mol. The summed E-state index contributed by atoms with van der Waals surface area (Å²) in [5.74, 6) is -0.981. The number of halogens is 2. The molecule has 202 valence electrons. The van der Waals surface area contributed by atoms with E-state index in [1.807, 2.05) is 6.07 Å². The van der Waals surface area contributed by atoms with Crippen LogP contribution in [0, 0.1) is 23.5 Å². The summed E-state index contributed by atoms with van der Waals surface area (Å²) in [6.45, 7) is 2.18. The highest BCUT2D eigenvalue weighted by Gasteiger charge is 2.50. The number of rotatable bonds is 6. The number of carbonyl (C=O) groups excluding carboxylic acids is 1. The number of likely N-dealkylation sites (tertiary alicyclic amines) is 1. The van der Waals surface area contributed by atoms with Gasteiger partial charge < -0.3 is 20.6 Å². The first-order valence-corrected chi connectivity index (χ1v) is 13.3. The number of hydrogen-bond donors (Lipinski definition) is 4. The summed E-state index contributed by atoms with van der Waals surface area (Å²) in [4.78, 5) is 13.4. The van der Waals surface area contributed by atoms with E-state index in [9.17, 15) is 28.9 Å². The number of phenolic OH excluding ortho intramolecular Hbond substituents is 2. The normalized spacial score (nSPS) is 25.5. The number of aromatic hydroxyl groups is 2. The van der Waals surface area contributed by atoms with Gasteiger partial charge in [0.1, 0.15) is 0 Å². The molecule has 0 spiro atoms. The Bertz CT molecular complexity index is 1090. The quantitative estimate of drug-likeness (QED) is 0.430. The number of fused-ring (bicyclic) bond motifs is 1. The number of nitrogens with one attached hydrogen (secondary N) is 1. The molecule has 3 unspecified atom stereocenters. The molecule has 3 atom stereocenters. The summed E-state index contributed by atoms with van der Waals surface area (Å²) in [5, 5.41) is 33.4. The van der Waals surface area contributed by atoms with E-state index >= 15 is 0 Å². The van der Waals surface area contributed by atoms with E-state index in [0.29, 0.717) is 11.5 Å². The maximum Gasteiger partial charge on any atom is 0.224 e. The number of phenols is 2. The predicted molar refractivity (Wildman–Crippen MR) is 137 cm³/mol. The minimum Gasteiger partial charge on any atom is -0.504 e. The van der Waals surface area contributed by atoms with Crippen molar-refractivity contribution in [1.29, 1.82) is 0 Å². The lowest BCUT2D eigenvalue weighted by atomic mass is 9.66. The van der Waals surface area contributed by atoms with Gasteiger partial charge in [0.25, 0.3) is 0 Å². The Balaban J connectivity index is 0.000000209. The molecule has 37 heavy (non-hydrogen) atoms. The third kappa shape index (κ3) is 6.79. The second-order valence-electron chi connectivity index (χ2n) is 10.8. The van der Waals surface area contributed by atoms with E-state index in [1.54, 1.807) is 12.1 Å². The number of likely N-dealkylation sites (N-methyl/N-ethyl adjacent to an activating group) is 1. The number of nitrogens with zero attached hydrogens (tertiary/aromatic N) is 1. The zero-order valence-electron chi connectivity index (χ0n) is 21.4. The van der Waals surface area contributed by atoms with Crippen LogP contribution in [0.15, 0.2) is 36.4 Å². The fourth-order valence-corrected chi connectivity index (χ4v) is 5.88. The first-order valence-electron chi connectivity index (χ1n) is 13.3. The number of benzene rings is 2. The molecule has 0 bridgehead atoms. The molecule has 2 saturated carbocycles. The standard InChI is InChI=1S/C20H29NO3.C9H9F2NO/c22-17-7-6-15(11-18(17)23)12-19-20(24)9-2-1-3-16(20)8-10-21(19)13-14-4-5-14;1-12-9(13)5-6-2-3-7(10)8(11)4-6/h6-7,11,14,16,19,22-24H,1-5,8-10,12-13H2;2-4H,5H2,1H3,(H,12,13). The van der Waals surface area contributed by atoms with Crippen LogP contribution in [0.5, 0.6) is 11.5 Å². The van der Waals surface area contributed by atoms with Crippen molar-refractivity contribution < 1.29 is 28.9 Å². The van der Waals surface area contributed by atoms with E-state index in [0.717, 1.165) is 68.8 Å². The molecule has 0 aromatic heterocycles. The van der Waals surface area contributed by atoms with Crippen LogP contribution in [0.3, 0.4) is 0 Å². The van der Waals surface area contributed by atoms with Crippen LogP contribution >= 0.6 is 0 Å². The Morgan fingerprint density at radius 2 is 1.76 bits per heavy atom. The number of piperidine rings is 1. The molecule has 1 saturated heterocycles. The van der Waals surface area contributed by atoms with Gasteiger partial charge in [-0.05, 0) is 92.3 Å². The van der Waals surface area contributed by atoms with Crippen LogP contribution < -0.4 is 5.32 Å². The molecule has 1 heterocycles. The van der Waals surface area contributed by atoms with Gasteiger partial charge in [-0.15, -0.1) is 0 Å². The van der Waals surface area contributed by atoms with Crippen molar-refractivity contribution in [3.8, 4) is 11.5 Å². The molecule has 6 nitrogen and oxygen atoms in total. The van der Waals surface area contributed by atoms with Crippen molar-refractivity contribution >= 4 is 5.91 Å². The maximum atomic E-state index is 12.6. The average molecular weight is 517 g/mol. The van der Waals surface area contributed by atoms with E-state index in [-0.39, 0.29) is 29.9 Å². The maximum absolute atomic E-state index is 12.6. The van der Waals surface area contributed by atoms with Crippen molar-refractivity contribution in [1.82, 2.24) is 10.2 Å². The molecule has 5 rings (SSSR count). The first-order chi connectivity index (χ1) is 17.7. The SMILES string of the molecule is CNC(=O)Cc1ccc(F)c(F)c1.Oc1ccc(CC2N(CC3CC3)CCC3CCCCC32O)cc1O. The molecule has 1 aliphatic heterocycles. The fraction of sp³-hybridized carbons (Fsp3) is 0.552. The van der Waals surface area contributed by atoms with E-state index < -0.39 is 17.2 Å². The summed E-state index contributed by atoms with van der Waals surface area (Å²) in [7, 11) is 1.49. The topological polar surface area (TPSA) is 93.0 Å². The van der Waals surface area contributed by atoms with Gasteiger partial charge in [-0.2, -0.15) is 0 Å². The second-order valence-corrected chi connectivity index (χ2v) is 10.8. The average Bonchev–Trinajstić information content (AvgIpc) is 3.70. The molecule has 8 heteroatoms.